The number of hydrogen-bond acceptors (Lipinski definition) is 3. The van der Waals surface area contributed by atoms with Crippen LogP contribution < -0.4 is 11.5 Å². The maximum atomic E-state index is 12.2. The molecule has 0 aliphatic carbocycles. The Morgan fingerprint density at radius 3 is 2.40 bits per heavy atom. The van der Waals surface area contributed by atoms with Gasteiger partial charge in [-0.3, -0.25) is 4.79 Å². The Labute approximate surface area is 85.4 Å². The Balaban J connectivity index is 2.70. The summed E-state index contributed by atoms with van der Waals surface area (Å²) in [6.45, 7) is 1.86. The third-order valence-electron chi connectivity index (χ3n) is 2.72. The number of carbonyl (C=O) groups excluding carboxylic acids is 1. The van der Waals surface area contributed by atoms with Crippen molar-refractivity contribution in [3.05, 3.63) is 0 Å². The van der Waals surface area contributed by atoms with Crippen LogP contribution in [0, 0.1) is 0 Å². The Kier molecular flexibility index (Phi) is 3.25. The van der Waals surface area contributed by atoms with Crippen molar-refractivity contribution in [2.75, 3.05) is 6.54 Å². The molecule has 4 nitrogen and oxygen atoms in total. The van der Waals surface area contributed by atoms with E-state index in [-0.39, 0.29) is 18.6 Å². The standard InChI is InChI=1S/C8H14F3N3O/c1-4-5(12)2-3-14(4)7(15)6(13)8(9,10)11/h4-6H,2-3,12-13H2,1H3. The van der Waals surface area contributed by atoms with Gasteiger partial charge in [0, 0.05) is 18.6 Å². The van der Waals surface area contributed by atoms with E-state index < -0.39 is 18.1 Å². The number of likely N-dealkylation sites (tertiary alicyclic amines) is 1. The smallest absolute Gasteiger partial charge is 0.337 e. The van der Waals surface area contributed by atoms with Gasteiger partial charge >= 0.3 is 6.18 Å². The Morgan fingerprint density at radius 1 is 1.53 bits per heavy atom. The minimum absolute atomic E-state index is 0.241. The van der Waals surface area contributed by atoms with Crippen LogP contribution in [0.25, 0.3) is 0 Å². The largest absolute Gasteiger partial charge is 0.412 e. The lowest BCUT2D eigenvalue weighted by molar-refractivity contribution is -0.170. The van der Waals surface area contributed by atoms with Crippen LogP contribution >= 0.6 is 0 Å². The average Bonchev–Trinajstić information content (AvgIpc) is 2.44. The first-order valence-electron chi connectivity index (χ1n) is 4.63. The Bertz CT molecular complexity index is 256. The number of nitrogens with two attached hydrogens (primary N) is 2. The molecule has 0 aromatic rings. The fraction of sp³-hybridized carbons (Fsp3) is 0.875. The van der Waals surface area contributed by atoms with E-state index in [4.69, 9.17) is 11.5 Å². The molecule has 7 heteroatoms. The highest BCUT2D eigenvalue weighted by Crippen LogP contribution is 2.23. The summed E-state index contributed by atoms with van der Waals surface area (Å²) in [6.07, 6.45) is -4.18. The molecule has 15 heavy (non-hydrogen) atoms. The number of amides is 1. The Hall–Kier alpha value is -0.820. The zero-order chi connectivity index (χ0) is 11.8. The van der Waals surface area contributed by atoms with Crippen molar-refractivity contribution in [3.8, 4) is 0 Å². The minimum Gasteiger partial charge on any atom is -0.337 e. The van der Waals surface area contributed by atoms with E-state index in [1.807, 2.05) is 0 Å². The monoisotopic (exact) mass is 225 g/mol. The van der Waals surface area contributed by atoms with Crippen molar-refractivity contribution in [3.63, 3.8) is 0 Å². The SMILES string of the molecule is CC1C(N)CCN1C(=O)C(N)C(F)(F)F. The molecule has 3 unspecified atom stereocenters. The topological polar surface area (TPSA) is 72.3 Å². The number of alkyl halides is 3. The summed E-state index contributed by atoms with van der Waals surface area (Å²) in [4.78, 5) is 12.5. The normalized spacial score (nSPS) is 29.3. The van der Waals surface area contributed by atoms with E-state index in [0.717, 1.165) is 4.90 Å². The quantitative estimate of drug-likeness (QED) is 0.650. The van der Waals surface area contributed by atoms with Gasteiger partial charge in [-0.2, -0.15) is 13.2 Å². The van der Waals surface area contributed by atoms with E-state index in [2.05, 4.69) is 0 Å². The van der Waals surface area contributed by atoms with Crippen molar-refractivity contribution in [1.29, 1.82) is 0 Å². The summed E-state index contributed by atoms with van der Waals surface area (Å²) in [7, 11) is 0. The molecule has 1 rings (SSSR count). The maximum absolute atomic E-state index is 12.2. The summed E-state index contributed by atoms with van der Waals surface area (Å²) < 4.78 is 36.5. The van der Waals surface area contributed by atoms with Crippen LogP contribution in [-0.2, 0) is 4.79 Å². The molecule has 4 N–H and O–H groups in total. The van der Waals surface area contributed by atoms with Gasteiger partial charge in [0.15, 0.2) is 6.04 Å². The minimum atomic E-state index is -4.69. The van der Waals surface area contributed by atoms with E-state index in [0.29, 0.717) is 6.42 Å². The average molecular weight is 225 g/mol. The fourth-order valence-corrected chi connectivity index (χ4v) is 1.59. The molecule has 1 aliphatic rings. The van der Waals surface area contributed by atoms with E-state index in [9.17, 15) is 18.0 Å². The molecular formula is C8H14F3N3O. The molecular weight excluding hydrogens is 211 g/mol. The van der Waals surface area contributed by atoms with Crippen molar-refractivity contribution < 1.29 is 18.0 Å². The van der Waals surface area contributed by atoms with Gasteiger partial charge in [0.05, 0.1) is 0 Å². The Morgan fingerprint density at radius 2 is 2.07 bits per heavy atom. The number of carbonyl (C=O) groups is 1. The zero-order valence-electron chi connectivity index (χ0n) is 8.29. The summed E-state index contributed by atoms with van der Waals surface area (Å²) in [5.41, 5.74) is 10.4. The lowest BCUT2D eigenvalue weighted by Crippen LogP contribution is -2.53. The molecule has 1 heterocycles. The first kappa shape index (κ1) is 12.3. The van der Waals surface area contributed by atoms with Gasteiger partial charge in [-0.1, -0.05) is 0 Å². The van der Waals surface area contributed by atoms with Gasteiger partial charge in [0.2, 0.25) is 5.91 Å². The third kappa shape index (κ3) is 2.40. The highest BCUT2D eigenvalue weighted by Gasteiger charge is 2.46. The predicted molar refractivity (Wildman–Crippen MR) is 47.8 cm³/mol. The number of nitrogens with zero attached hydrogens (tertiary/aromatic N) is 1. The lowest BCUT2D eigenvalue weighted by Gasteiger charge is -2.27. The van der Waals surface area contributed by atoms with Gasteiger partial charge in [-0.15, -0.1) is 0 Å². The van der Waals surface area contributed by atoms with Crippen molar-refractivity contribution in [2.24, 2.45) is 11.5 Å². The van der Waals surface area contributed by atoms with Crippen molar-refractivity contribution >= 4 is 5.91 Å². The molecule has 0 radical (unpaired) electrons. The van der Waals surface area contributed by atoms with E-state index >= 15 is 0 Å². The second-order valence-electron chi connectivity index (χ2n) is 3.74. The summed E-state index contributed by atoms with van der Waals surface area (Å²) in [6, 6.07) is -3.09. The van der Waals surface area contributed by atoms with Crippen LogP contribution in [0.2, 0.25) is 0 Å². The molecule has 3 atom stereocenters. The summed E-state index contributed by atoms with van der Waals surface area (Å²) >= 11 is 0. The predicted octanol–water partition coefficient (Wildman–Crippen LogP) is -0.176. The van der Waals surface area contributed by atoms with Gasteiger partial charge in [-0.05, 0) is 13.3 Å². The molecule has 0 aromatic carbocycles. The van der Waals surface area contributed by atoms with Crippen LogP contribution in [-0.4, -0.2) is 41.7 Å². The molecule has 1 amide bonds. The number of hydrogen-bond donors (Lipinski definition) is 2. The second-order valence-corrected chi connectivity index (χ2v) is 3.74. The number of rotatable bonds is 1. The highest BCUT2D eigenvalue weighted by atomic mass is 19.4. The summed E-state index contributed by atoms with van der Waals surface area (Å²) in [5.74, 6) is -1.09. The van der Waals surface area contributed by atoms with Gasteiger partial charge in [0.1, 0.15) is 0 Å². The third-order valence-corrected chi connectivity index (χ3v) is 2.72. The fourth-order valence-electron chi connectivity index (χ4n) is 1.59. The van der Waals surface area contributed by atoms with Crippen LogP contribution in [0.1, 0.15) is 13.3 Å². The van der Waals surface area contributed by atoms with Gasteiger partial charge < -0.3 is 16.4 Å². The number of halogens is 3. The summed E-state index contributed by atoms with van der Waals surface area (Å²) in [5, 5.41) is 0. The van der Waals surface area contributed by atoms with E-state index in [1.165, 1.54) is 0 Å². The van der Waals surface area contributed by atoms with Crippen LogP contribution in [0.5, 0.6) is 0 Å². The first-order valence-corrected chi connectivity index (χ1v) is 4.63. The van der Waals surface area contributed by atoms with Crippen molar-refractivity contribution in [1.82, 2.24) is 4.90 Å². The highest BCUT2D eigenvalue weighted by molar-refractivity contribution is 5.83. The zero-order valence-corrected chi connectivity index (χ0v) is 8.29. The van der Waals surface area contributed by atoms with Crippen LogP contribution in [0.15, 0.2) is 0 Å². The lowest BCUT2D eigenvalue weighted by atomic mass is 10.1. The van der Waals surface area contributed by atoms with E-state index in [1.54, 1.807) is 6.92 Å². The second kappa shape index (κ2) is 3.97. The molecule has 1 aliphatic heterocycles. The van der Waals surface area contributed by atoms with Gasteiger partial charge in [0.25, 0.3) is 0 Å². The molecule has 0 spiro atoms. The van der Waals surface area contributed by atoms with Crippen LogP contribution in [0.3, 0.4) is 0 Å². The first-order chi connectivity index (χ1) is 6.75. The molecule has 88 valence electrons. The van der Waals surface area contributed by atoms with Gasteiger partial charge in [-0.25, -0.2) is 0 Å². The molecule has 0 bridgehead atoms. The molecule has 1 fully saturated rings. The molecule has 0 aromatic heterocycles. The van der Waals surface area contributed by atoms with Crippen LogP contribution in [0.4, 0.5) is 13.2 Å². The van der Waals surface area contributed by atoms with Crippen molar-refractivity contribution in [2.45, 2.75) is 37.6 Å². The maximum Gasteiger partial charge on any atom is 0.412 e. The molecule has 1 saturated heterocycles. The molecule has 0 saturated carbocycles.